The molecular formula is C18H28ClN3O4S. The first-order chi connectivity index (χ1) is 12.4. The maximum Gasteiger partial charge on any atom is 0.251 e. The van der Waals surface area contributed by atoms with Gasteiger partial charge in [-0.05, 0) is 56.3 Å². The molecule has 0 spiro atoms. The zero-order valence-electron chi connectivity index (χ0n) is 15.4. The molecule has 0 heterocycles. The van der Waals surface area contributed by atoms with E-state index in [9.17, 15) is 13.2 Å². The third kappa shape index (κ3) is 5.34. The molecule has 2 unspecified atom stereocenters. The third-order valence-corrected chi connectivity index (χ3v) is 6.68. The van der Waals surface area contributed by atoms with Gasteiger partial charge in [-0.15, -0.1) is 12.4 Å². The van der Waals surface area contributed by atoms with Gasteiger partial charge in [0.05, 0.1) is 7.11 Å². The van der Waals surface area contributed by atoms with Gasteiger partial charge >= 0.3 is 0 Å². The van der Waals surface area contributed by atoms with Gasteiger partial charge in [0.15, 0.2) is 0 Å². The second kappa shape index (κ2) is 9.23. The highest BCUT2D eigenvalue weighted by atomic mass is 35.5. The fraction of sp³-hybridized carbons (Fsp3) is 0.611. The van der Waals surface area contributed by atoms with Gasteiger partial charge in [-0.3, -0.25) is 4.79 Å². The predicted molar refractivity (Wildman–Crippen MR) is 106 cm³/mol. The minimum absolute atomic E-state index is 0. The van der Waals surface area contributed by atoms with E-state index in [4.69, 9.17) is 10.5 Å². The number of methoxy groups -OCH3 is 1. The van der Waals surface area contributed by atoms with Gasteiger partial charge in [0.2, 0.25) is 10.0 Å². The molecule has 0 saturated heterocycles. The Morgan fingerprint density at radius 1 is 1.22 bits per heavy atom. The standard InChI is InChI=1S/C18H27N3O4S.ClH/c1-25-16-9-6-12(10-17(16)26(23,24)21-14-7-8-14)18(22)20-15-5-3-2-4-13(15)11-19;/h6,9-10,13-15,21H,2-5,7-8,11,19H2,1H3,(H,20,22);1H. The van der Waals surface area contributed by atoms with Crippen LogP contribution in [0.25, 0.3) is 0 Å². The molecule has 0 bridgehead atoms. The van der Waals surface area contributed by atoms with Crippen molar-refractivity contribution in [2.45, 2.75) is 55.5 Å². The van der Waals surface area contributed by atoms with Crippen LogP contribution in [0, 0.1) is 5.92 Å². The molecule has 27 heavy (non-hydrogen) atoms. The second-order valence-corrected chi connectivity index (χ2v) is 8.80. The Hall–Kier alpha value is -1.35. The van der Waals surface area contributed by atoms with Gasteiger partial charge in [-0.2, -0.15) is 0 Å². The van der Waals surface area contributed by atoms with Crippen molar-refractivity contribution in [2.24, 2.45) is 11.7 Å². The predicted octanol–water partition coefficient (Wildman–Crippen LogP) is 1.80. The molecule has 2 atom stereocenters. The Balaban J connectivity index is 0.00000261. The summed E-state index contributed by atoms with van der Waals surface area (Å²) in [5, 5.41) is 3.03. The molecule has 152 valence electrons. The van der Waals surface area contributed by atoms with Gasteiger partial charge < -0.3 is 15.8 Å². The molecule has 1 aromatic carbocycles. The average Bonchev–Trinajstić information content (AvgIpc) is 3.44. The van der Waals surface area contributed by atoms with Crippen LogP contribution < -0.4 is 20.5 Å². The molecule has 2 fully saturated rings. The van der Waals surface area contributed by atoms with Crippen molar-refractivity contribution in [3.05, 3.63) is 23.8 Å². The third-order valence-electron chi connectivity index (χ3n) is 5.14. The second-order valence-electron chi connectivity index (χ2n) is 7.12. The van der Waals surface area contributed by atoms with E-state index in [1.807, 2.05) is 0 Å². The molecule has 9 heteroatoms. The molecule has 0 radical (unpaired) electrons. The maximum absolute atomic E-state index is 12.7. The van der Waals surface area contributed by atoms with Crippen molar-refractivity contribution in [1.82, 2.24) is 10.0 Å². The van der Waals surface area contributed by atoms with Crippen molar-refractivity contribution in [3.8, 4) is 5.75 Å². The minimum atomic E-state index is -3.72. The van der Waals surface area contributed by atoms with Crippen LogP contribution in [0.4, 0.5) is 0 Å². The summed E-state index contributed by atoms with van der Waals surface area (Å²) in [6.07, 6.45) is 5.78. The van der Waals surface area contributed by atoms with E-state index in [1.54, 1.807) is 6.07 Å². The molecule has 2 aliphatic rings. The minimum Gasteiger partial charge on any atom is -0.495 e. The largest absolute Gasteiger partial charge is 0.495 e. The summed E-state index contributed by atoms with van der Waals surface area (Å²) < 4.78 is 33.0. The molecule has 2 saturated carbocycles. The summed E-state index contributed by atoms with van der Waals surface area (Å²) in [6, 6.07) is 4.52. The molecule has 3 rings (SSSR count). The number of nitrogens with one attached hydrogen (secondary N) is 2. The molecule has 4 N–H and O–H groups in total. The molecule has 0 aliphatic heterocycles. The lowest BCUT2D eigenvalue weighted by Crippen LogP contribution is -2.44. The van der Waals surface area contributed by atoms with Crippen molar-refractivity contribution >= 4 is 28.3 Å². The number of nitrogens with two attached hydrogens (primary N) is 1. The van der Waals surface area contributed by atoms with Crippen LogP contribution in [0.3, 0.4) is 0 Å². The van der Waals surface area contributed by atoms with Gasteiger partial charge in [0.25, 0.3) is 5.91 Å². The van der Waals surface area contributed by atoms with E-state index in [-0.39, 0.29) is 47.0 Å². The lowest BCUT2D eigenvalue weighted by molar-refractivity contribution is 0.0908. The first-order valence-corrected chi connectivity index (χ1v) is 10.6. The first kappa shape index (κ1) is 21.9. The van der Waals surface area contributed by atoms with Crippen molar-refractivity contribution in [3.63, 3.8) is 0 Å². The monoisotopic (exact) mass is 417 g/mol. The zero-order valence-corrected chi connectivity index (χ0v) is 17.1. The molecule has 1 amide bonds. The van der Waals surface area contributed by atoms with Crippen molar-refractivity contribution in [2.75, 3.05) is 13.7 Å². The SMILES string of the molecule is COc1ccc(C(=O)NC2CCCCC2CN)cc1S(=O)(=O)NC1CC1.Cl. The Morgan fingerprint density at radius 2 is 1.93 bits per heavy atom. The Bertz CT molecular complexity index is 768. The number of ether oxygens (including phenoxy) is 1. The Kier molecular flexibility index (Phi) is 7.50. The Labute approximate surface area is 166 Å². The maximum atomic E-state index is 12.7. The zero-order chi connectivity index (χ0) is 18.7. The van der Waals surface area contributed by atoms with Crippen molar-refractivity contribution < 1.29 is 17.9 Å². The number of carbonyl (C=O) groups is 1. The number of hydrogen-bond donors (Lipinski definition) is 3. The average molecular weight is 418 g/mol. The van der Waals surface area contributed by atoms with E-state index in [0.29, 0.717) is 12.1 Å². The van der Waals surface area contributed by atoms with E-state index >= 15 is 0 Å². The number of rotatable bonds is 7. The highest BCUT2D eigenvalue weighted by Crippen LogP contribution is 2.29. The van der Waals surface area contributed by atoms with Gasteiger partial charge in [0, 0.05) is 17.6 Å². The van der Waals surface area contributed by atoms with Crippen LogP contribution in [0.1, 0.15) is 48.9 Å². The summed E-state index contributed by atoms with van der Waals surface area (Å²) in [5.74, 6) is 0.221. The fourth-order valence-electron chi connectivity index (χ4n) is 3.44. The van der Waals surface area contributed by atoms with Crippen LogP contribution in [-0.2, 0) is 10.0 Å². The highest BCUT2D eigenvalue weighted by molar-refractivity contribution is 7.89. The van der Waals surface area contributed by atoms with Crippen LogP contribution >= 0.6 is 12.4 Å². The molecule has 1 aromatic rings. The topological polar surface area (TPSA) is 111 Å². The van der Waals surface area contributed by atoms with Crippen molar-refractivity contribution in [1.29, 1.82) is 0 Å². The summed E-state index contributed by atoms with van der Waals surface area (Å²) in [4.78, 5) is 12.7. The number of carbonyl (C=O) groups excluding carboxylic acids is 1. The molecule has 0 aromatic heterocycles. The van der Waals surface area contributed by atoms with Crippen LogP contribution in [0.2, 0.25) is 0 Å². The lowest BCUT2D eigenvalue weighted by atomic mass is 9.84. The molecule has 7 nitrogen and oxygen atoms in total. The van der Waals surface area contributed by atoms with E-state index in [2.05, 4.69) is 10.0 Å². The number of benzene rings is 1. The smallest absolute Gasteiger partial charge is 0.251 e. The number of hydrogen-bond acceptors (Lipinski definition) is 5. The first-order valence-electron chi connectivity index (χ1n) is 9.16. The number of sulfonamides is 1. The van der Waals surface area contributed by atoms with E-state index in [0.717, 1.165) is 38.5 Å². The van der Waals surface area contributed by atoms with Crippen LogP contribution in [0.15, 0.2) is 23.1 Å². The van der Waals surface area contributed by atoms with Gasteiger partial charge in [-0.25, -0.2) is 13.1 Å². The number of amides is 1. The quantitative estimate of drug-likeness (QED) is 0.626. The van der Waals surface area contributed by atoms with Crippen LogP contribution in [-0.4, -0.2) is 40.1 Å². The van der Waals surface area contributed by atoms with Gasteiger partial charge in [-0.1, -0.05) is 12.8 Å². The fourth-order valence-corrected chi connectivity index (χ4v) is 4.94. The lowest BCUT2D eigenvalue weighted by Gasteiger charge is -2.31. The highest BCUT2D eigenvalue weighted by Gasteiger charge is 2.31. The molecular weight excluding hydrogens is 390 g/mol. The van der Waals surface area contributed by atoms with Crippen LogP contribution in [0.5, 0.6) is 5.75 Å². The normalized spacial score (nSPS) is 22.6. The summed E-state index contributed by atoms with van der Waals surface area (Å²) in [6.45, 7) is 0.540. The molecule has 2 aliphatic carbocycles. The van der Waals surface area contributed by atoms with Gasteiger partial charge in [0.1, 0.15) is 10.6 Å². The Morgan fingerprint density at radius 3 is 2.56 bits per heavy atom. The number of halogens is 1. The summed E-state index contributed by atoms with van der Waals surface area (Å²) in [7, 11) is -2.30. The van der Waals surface area contributed by atoms with E-state index < -0.39 is 10.0 Å². The summed E-state index contributed by atoms with van der Waals surface area (Å²) >= 11 is 0. The summed E-state index contributed by atoms with van der Waals surface area (Å²) in [5.41, 5.74) is 6.13. The van der Waals surface area contributed by atoms with E-state index in [1.165, 1.54) is 19.2 Å².